The molecule has 0 unspecified atom stereocenters. The monoisotopic (exact) mass is 365 g/mol. The molecule has 1 aromatic heterocycles. The molecule has 0 saturated heterocycles. The van der Waals surface area contributed by atoms with E-state index in [2.05, 4.69) is 28.8 Å². The standard InChI is InChI=1S/C17H23N3O2S2/c1-5-12-6-13(18-8-12)10-23-14-9-19-16(24-14)20-11(2)7-17(3,4)15(21)22/h8-9H,2,5-7,10H2,1,3-4H3,(H,19,20)(H,21,22). The van der Waals surface area contributed by atoms with Crippen LogP contribution in [0.4, 0.5) is 5.13 Å². The molecule has 0 fully saturated rings. The normalized spacial score (nSPS) is 14.3. The van der Waals surface area contributed by atoms with Crippen molar-refractivity contribution in [1.82, 2.24) is 4.98 Å². The molecule has 0 bridgehead atoms. The molecular formula is C17H23N3O2S2. The van der Waals surface area contributed by atoms with Crippen molar-refractivity contribution in [2.75, 3.05) is 11.1 Å². The lowest BCUT2D eigenvalue weighted by Crippen LogP contribution is -2.25. The van der Waals surface area contributed by atoms with Gasteiger partial charge >= 0.3 is 5.97 Å². The second kappa shape index (κ2) is 7.98. The molecule has 2 N–H and O–H groups in total. The highest BCUT2D eigenvalue weighted by molar-refractivity contribution is 8.01. The van der Waals surface area contributed by atoms with Gasteiger partial charge in [0.1, 0.15) is 0 Å². The summed E-state index contributed by atoms with van der Waals surface area (Å²) in [5.41, 5.74) is 2.40. The fourth-order valence-electron chi connectivity index (χ4n) is 2.18. The van der Waals surface area contributed by atoms with Gasteiger partial charge in [0.2, 0.25) is 0 Å². The number of carboxylic acids is 1. The quantitative estimate of drug-likeness (QED) is 0.615. The van der Waals surface area contributed by atoms with Gasteiger partial charge in [0, 0.05) is 36.2 Å². The lowest BCUT2D eigenvalue weighted by atomic mass is 9.88. The van der Waals surface area contributed by atoms with E-state index in [0.717, 1.165) is 27.9 Å². The first-order valence-electron chi connectivity index (χ1n) is 7.80. The number of allylic oxidation sites excluding steroid dienone is 2. The minimum atomic E-state index is -0.844. The van der Waals surface area contributed by atoms with Crippen LogP contribution in [0.25, 0.3) is 0 Å². The van der Waals surface area contributed by atoms with Crippen LogP contribution < -0.4 is 5.32 Å². The summed E-state index contributed by atoms with van der Waals surface area (Å²) < 4.78 is 1.11. The van der Waals surface area contributed by atoms with E-state index in [4.69, 9.17) is 5.11 Å². The molecule has 1 aliphatic heterocycles. The van der Waals surface area contributed by atoms with Crippen LogP contribution in [0.2, 0.25) is 0 Å². The van der Waals surface area contributed by atoms with Crippen molar-refractivity contribution in [2.45, 2.75) is 44.2 Å². The summed E-state index contributed by atoms with van der Waals surface area (Å²) in [6.45, 7) is 9.44. The fraction of sp³-hybridized carbons (Fsp3) is 0.471. The zero-order valence-corrected chi connectivity index (χ0v) is 15.9. The number of aliphatic carboxylic acids is 1. The number of carboxylic acid groups (broad SMARTS) is 1. The van der Waals surface area contributed by atoms with Gasteiger partial charge in [-0.3, -0.25) is 9.79 Å². The van der Waals surface area contributed by atoms with E-state index < -0.39 is 11.4 Å². The van der Waals surface area contributed by atoms with Crippen molar-refractivity contribution >= 4 is 39.9 Å². The van der Waals surface area contributed by atoms with Crippen LogP contribution in [0.1, 0.15) is 40.0 Å². The highest BCUT2D eigenvalue weighted by Gasteiger charge is 2.28. The summed E-state index contributed by atoms with van der Waals surface area (Å²) in [4.78, 5) is 19.9. The molecule has 0 aromatic carbocycles. The number of thioether (sulfide) groups is 1. The smallest absolute Gasteiger partial charge is 0.309 e. The molecule has 130 valence electrons. The maximum Gasteiger partial charge on any atom is 0.309 e. The molecule has 0 amide bonds. The van der Waals surface area contributed by atoms with Gasteiger partial charge in [0.15, 0.2) is 5.13 Å². The Morgan fingerprint density at radius 3 is 2.92 bits per heavy atom. The Kier molecular flexibility index (Phi) is 6.23. The van der Waals surface area contributed by atoms with Crippen LogP contribution in [-0.4, -0.2) is 27.5 Å². The van der Waals surface area contributed by atoms with Gasteiger partial charge in [-0.15, -0.1) is 11.8 Å². The summed E-state index contributed by atoms with van der Waals surface area (Å²) in [7, 11) is 0. The van der Waals surface area contributed by atoms with E-state index in [1.165, 1.54) is 11.3 Å². The lowest BCUT2D eigenvalue weighted by molar-refractivity contribution is -0.146. The molecule has 5 nitrogen and oxygen atoms in total. The number of hydrogen-bond donors (Lipinski definition) is 2. The molecule has 0 aliphatic carbocycles. The van der Waals surface area contributed by atoms with Gasteiger partial charge in [-0.05, 0) is 25.8 Å². The predicted molar refractivity (Wildman–Crippen MR) is 102 cm³/mol. The van der Waals surface area contributed by atoms with E-state index in [0.29, 0.717) is 12.1 Å². The van der Waals surface area contributed by atoms with Crippen molar-refractivity contribution in [1.29, 1.82) is 0 Å². The van der Waals surface area contributed by atoms with Crippen LogP contribution in [0.5, 0.6) is 0 Å². The van der Waals surface area contributed by atoms with Gasteiger partial charge in [0.05, 0.1) is 15.8 Å². The summed E-state index contributed by atoms with van der Waals surface area (Å²) in [5, 5.41) is 13.0. The first kappa shape index (κ1) is 18.7. The second-order valence-electron chi connectivity index (χ2n) is 6.38. The molecule has 0 saturated carbocycles. The Morgan fingerprint density at radius 2 is 2.29 bits per heavy atom. The second-order valence-corrected chi connectivity index (χ2v) is 8.69. The SMILES string of the molecule is C=C(CC(C)(C)C(=O)O)Nc1ncc(SCC2=NC=C(CC)C2)s1. The molecule has 1 aliphatic rings. The van der Waals surface area contributed by atoms with Gasteiger partial charge in [0.25, 0.3) is 0 Å². The Morgan fingerprint density at radius 1 is 1.54 bits per heavy atom. The molecule has 2 heterocycles. The predicted octanol–water partition coefficient (Wildman–Crippen LogP) is 4.80. The Hall–Kier alpha value is -1.60. The molecular weight excluding hydrogens is 342 g/mol. The third-order valence-corrected chi connectivity index (χ3v) is 5.88. The fourth-order valence-corrected chi connectivity index (χ4v) is 4.04. The number of carbonyl (C=O) groups is 1. The van der Waals surface area contributed by atoms with Crippen molar-refractivity contribution in [3.05, 3.63) is 30.2 Å². The van der Waals surface area contributed by atoms with Gasteiger partial charge < -0.3 is 10.4 Å². The van der Waals surface area contributed by atoms with Crippen LogP contribution in [0.15, 0.2) is 39.4 Å². The van der Waals surface area contributed by atoms with Crippen molar-refractivity contribution in [3.8, 4) is 0 Å². The van der Waals surface area contributed by atoms with E-state index in [-0.39, 0.29) is 0 Å². The topological polar surface area (TPSA) is 74.6 Å². The van der Waals surface area contributed by atoms with Gasteiger partial charge in [-0.25, -0.2) is 4.98 Å². The summed E-state index contributed by atoms with van der Waals surface area (Å²) in [6, 6.07) is 0. The minimum absolute atomic E-state index is 0.354. The van der Waals surface area contributed by atoms with Crippen molar-refractivity contribution in [3.63, 3.8) is 0 Å². The number of thiazole rings is 1. The number of nitrogens with zero attached hydrogens (tertiary/aromatic N) is 2. The molecule has 1 aromatic rings. The van der Waals surface area contributed by atoms with Crippen molar-refractivity contribution < 1.29 is 9.90 Å². The Balaban J connectivity index is 1.81. The number of nitrogens with one attached hydrogen (secondary N) is 1. The molecule has 24 heavy (non-hydrogen) atoms. The average molecular weight is 366 g/mol. The first-order valence-corrected chi connectivity index (χ1v) is 9.60. The maximum absolute atomic E-state index is 11.2. The number of anilines is 1. The molecule has 0 radical (unpaired) electrons. The van der Waals surface area contributed by atoms with Crippen molar-refractivity contribution in [2.24, 2.45) is 10.4 Å². The van der Waals surface area contributed by atoms with Crippen LogP contribution in [-0.2, 0) is 4.79 Å². The molecule has 0 atom stereocenters. The van der Waals surface area contributed by atoms with E-state index in [1.807, 2.05) is 12.4 Å². The zero-order chi connectivity index (χ0) is 17.7. The van der Waals surface area contributed by atoms with Crippen LogP contribution in [0.3, 0.4) is 0 Å². The summed E-state index contributed by atoms with van der Waals surface area (Å²) in [5.74, 6) is 0.0347. The van der Waals surface area contributed by atoms with Gasteiger partial charge in [-0.1, -0.05) is 24.8 Å². The summed E-state index contributed by atoms with van der Waals surface area (Å²) >= 11 is 3.27. The summed E-state index contributed by atoms with van der Waals surface area (Å²) in [6.07, 6.45) is 6.20. The average Bonchev–Trinajstić information content (AvgIpc) is 3.13. The number of hydrogen-bond acceptors (Lipinski definition) is 6. The van der Waals surface area contributed by atoms with Crippen LogP contribution in [0, 0.1) is 5.41 Å². The largest absolute Gasteiger partial charge is 0.481 e. The highest BCUT2D eigenvalue weighted by Crippen LogP contribution is 2.32. The number of aromatic nitrogens is 1. The molecule has 2 rings (SSSR count). The third-order valence-electron chi connectivity index (χ3n) is 3.70. The highest BCUT2D eigenvalue weighted by atomic mass is 32.2. The lowest BCUT2D eigenvalue weighted by Gasteiger charge is -2.20. The Bertz CT molecular complexity index is 690. The van der Waals surface area contributed by atoms with E-state index in [9.17, 15) is 4.79 Å². The molecule has 0 spiro atoms. The van der Waals surface area contributed by atoms with Crippen LogP contribution >= 0.6 is 23.1 Å². The first-order chi connectivity index (χ1) is 11.3. The maximum atomic E-state index is 11.2. The molecule has 7 heteroatoms. The van der Waals surface area contributed by atoms with E-state index in [1.54, 1.807) is 36.9 Å². The zero-order valence-electron chi connectivity index (χ0n) is 14.3. The van der Waals surface area contributed by atoms with Gasteiger partial charge in [-0.2, -0.15) is 0 Å². The Labute approximate surface area is 151 Å². The number of aliphatic imine (C=N–C) groups is 1. The minimum Gasteiger partial charge on any atom is -0.481 e. The number of rotatable bonds is 9. The third kappa shape index (κ3) is 5.21. The van der Waals surface area contributed by atoms with E-state index >= 15 is 0 Å².